The first-order valence-corrected chi connectivity index (χ1v) is 12.3. The first kappa shape index (κ1) is 25.4. The second-order valence-corrected chi connectivity index (χ2v) is 9.65. The summed E-state index contributed by atoms with van der Waals surface area (Å²) in [4.78, 5) is 10.9. The minimum atomic E-state index is -3.34. The number of benzene rings is 2. The minimum absolute atomic E-state index is 0.138. The summed E-state index contributed by atoms with van der Waals surface area (Å²) >= 11 is 12.0. The normalized spacial score (nSPS) is 14.0. The van der Waals surface area contributed by atoms with Gasteiger partial charge in [-0.05, 0) is 44.0 Å². The molecule has 170 valence electrons. The van der Waals surface area contributed by atoms with Crippen molar-refractivity contribution < 1.29 is 23.3 Å². The van der Waals surface area contributed by atoms with Crippen LogP contribution in [0.15, 0.2) is 36.4 Å². The Bertz CT molecular complexity index is 959. The molecule has 2 aromatic rings. The first-order chi connectivity index (χ1) is 14.7. The second-order valence-electron chi connectivity index (χ2n) is 6.67. The molecular weight excluding hydrogens is 466 g/mol. The van der Waals surface area contributed by atoms with E-state index in [1.165, 1.54) is 24.3 Å². The smallest absolute Gasteiger partial charge is 0.332 e. The molecule has 11 heteroatoms. The molecule has 2 rings (SSSR count). The third kappa shape index (κ3) is 7.66. The number of hydrogen-bond acceptors (Lipinski definition) is 7. The van der Waals surface area contributed by atoms with Crippen LogP contribution in [0.3, 0.4) is 0 Å². The van der Waals surface area contributed by atoms with Gasteiger partial charge in [0.05, 0.1) is 16.6 Å². The molecule has 0 bridgehead atoms. The minimum Gasteiger partial charge on any atom is -0.456 e. The third-order valence-electron chi connectivity index (χ3n) is 3.95. The van der Waals surface area contributed by atoms with Crippen molar-refractivity contribution in [1.82, 2.24) is 0 Å². The number of nitrogens with one attached hydrogen (secondary N) is 1. The Morgan fingerprint density at radius 2 is 1.90 bits per heavy atom. The zero-order valence-electron chi connectivity index (χ0n) is 17.5. The number of anilines is 1. The second kappa shape index (κ2) is 11.7. The predicted octanol–water partition coefficient (Wildman–Crippen LogP) is 7.50. The van der Waals surface area contributed by atoms with E-state index in [1.54, 1.807) is 19.1 Å². The molecule has 0 saturated heterocycles. The van der Waals surface area contributed by atoms with Gasteiger partial charge < -0.3 is 14.6 Å². The van der Waals surface area contributed by atoms with Gasteiger partial charge in [-0.1, -0.05) is 37.0 Å². The van der Waals surface area contributed by atoms with E-state index in [-0.39, 0.29) is 17.5 Å². The fourth-order valence-corrected chi connectivity index (χ4v) is 4.96. The average Bonchev–Trinajstić information content (AvgIpc) is 2.68. The number of nitro benzene ring substituents is 1. The van der Waals surface area contributed by atoms with Crippen LogP contribution in [0.25, 0.3) is 0 Å². The van der Waals surface area contributed by atoms with E-state index < -0.39 is 18.7 Å². The number of halogens is 2. The Morgan fingerprint density at radius 3 is 2.52 bits per heavy atom. The topological polar surface area (TPSA) is 99.9 Å². The van der Waals surface area contributed by atoms with E-state index in [1.807, 2.05) is 13.8 Å². The number of hydrogen-bond donors (Lipinski definition) is 1. The molecular formula is C20H25Cl2N2O6P. The highest BCUT2D eigenvalue weighted by Crippen LogP contribution is 2.50. The Labute approximate surface area is 191 Å². The quantitative estimate of drug-likeness (QED) is 0.142. The summed E-state index contributed by atoms with van der Waals surface area (Å²) < 4.78 is 29.7. The van der Waals surface area contributed by atoms with Crippen LogP contribution in [0.4, 0.5) is 11.4 Å². The maximum atomic E-state index is 12.9. The van der Waals surface area contributed by atoms with E-state index >= 15 is 0 Å². The number of nitro groups is 1. The lowest BCUT2D eigenvalue weighted by Crippen LogP contribution is -2.20. The van der Waals surface area contributed by atoms with Crippen molar-refractivity contribution in [2.24, 2.45) is 0 Å². The molecule has 0 aliphatic rings. The van der Waals surface area contributed by atoms with Crippen LogP contribution >= 0.6 is 30.8 Å². The Morgan fingerprint density at radius 1 is 1.16 bits per heavy atom. The molecule has 0 aromatic heterocycles. The standard InChI is InChI=1S/C20H25Cl2N2O6P/c1-4-10-28-31(27,11-5-2)30-14(3)23-18-13-16(7-8-19(18)24(25)26)29-20-9-6-15(21)12-17(20)22/h6-9,12-14,23H,4-5,10-11H2,1-3H3. The summed E-state index contributed by atoms with van der Waals surface area (Å²) in [6.45, 7) is 5.68. The fourth-order valence-electron chi connectivity index (χ4n) is 2.68. The van der Waals surface area contributed by atoms with Crippen molar-refractivity contribution in [2.75, 3.05) is 18.1 Å². The van der Waals surface area contributed by atoms with E-state index in [9.17, 15) is 14.7 Å². The van der Waals surface area contributed by atoms with Crippen LogP contribution in [-0.4, -0.2) is 23.9 Å². The zero-order chi connectivity index (χ0) is 23.0. The van der Waals surface area contributed by atoms with Gasteiger partial charge in [0.25, 0.3) is 5.69 Å². The average molecular weight is 491 g/mol. The molecule has 0 aliphatic heterocycles. The zero-order valence-corrected chi connectivity index (χ0v) is 19.9. The van der Waals surface area contributed by atoms with Gasteiger partial charge in [0.1, 0.15) is 23.4 Å². The van der Waals surface area contributed by atoms with Crippen molar-refractivity contribution in [2.45, 2.75) is 39.8 Å². The van der Waals surface area contributed by atoms with E-state index in [0.717, 1.165) is 0 Å². The first-order valence-electron chi connectivity index (χ1n) is 9.77. The van der Waals surface area contributed by atoms with Crippen molar-refractivity contribution >= 4 is 42.2 Å². The Balaban J connectivity index is 2.23. The summed E-state index contributed by atoms with van der Waals surface area (Å²) in [5.74, 6) is 0.652. The monoisotopic (exact) mass is 490 g/mol. The molecule has 0 saturated carbocycles. The SMILES string of the molecule is CCCOP(=O)(CCC)OC(C)Nc1cc(Oc2ccc(Cl)cc2Cl)ccc1[N+](=O)[O-]. The van der Waals surface area contributed by atoms with Crippen molar-refractivity contribution in [1.29, 1.82) is 0 Å². The van der Waals surface area contributed by atoms with E-state index in [4.69, 9.17) is 37.0 Å². The lowest BCUT2D eigenvalue weighted by molar-refractivity contribution is -0.384. The molecule has 31 heavy (non-hydrogen) atoms. The summed E-state index contributed by atoms with van der Waals surface area (Å²) in [5.41, 5.74) is -0.0524. The van der Waals surface area contributed by atoms with Crippen molar-refractivity contribution in [3.63, 3.8) is 0 Å². The molecule has 0 heterocycles. The molecule has 0 amide bonds. The summed E-state index contributed by atoms with van der Waals surface area (Å²) in [7, 11) is -3.34. The van der Waals surface area contributed by atoms with Crippen LogP contribution in [0.2, 0.25) is 10.0 Å². The van der Waals surface area contributed by atoms with Gasteiger partial charge in [-0.25, -0.2) is 0 Å². The van der Waals surface area contributed by atoms with Crippen LogP contribution in [0.5, 0.6) is 11.5 Å². The van der Waals surface area contributed by atoms with Gasteiger partial charge in [0.15, 0.2) is 0 Å². The van der Waals surface area contributed by atoms with E-state index in [2.05, 4.69) is 5.32 Å². The predicted molar refractivity (Wildman–Crippen MR) is 123 cm³/mol. The van der Waals surface area contributed by atoms with E-state index in [0.29, 0.717) is 41.0 Å². The van der Waals surface area contributed by atoms with Crippen LogP contribution in [-0.2, 0) is 13.6 Å². The van der Waals surface area contributed by atoms with Gasteiger partial charge in [0, 0.05) is 23.3 Å². The Kier molecular flexibility index (Phi) is 9.59. The molecule has 0 radical (unpaired) electrons. The summed E-state index contributed by atoms with van der Waals surface area (Å²) in [6.07, 6.45) is 0.734. The van der Waals surface area contributed by atoms with Crippen LogP contribution < -0.4 is 10.1 Å². The molecule has 2 aromatic carbocycles. The van der Waals surface area contributed by atoms with Gasteiger partial charge >= 0.3 is 7.60 Å². The molecule has 0 aliphatic carbocycles. The Hall–Kier alpha value is -1.83. The van der Waals surface area contributed by atoms with Crippen LogP contribution in [0, 0.1) is 10.1 Å². The van der Waals surface area contributed by atoms with Crippen molar-refractivity contribution in [3.05, 3.63) is 56.6 Å². The van der Waals surface area contributed by atoms with Gasteiger partial charge in [-0.2, -0.15) is 0 Å². The maximum absolute atomic E-state index is 12.9. The van der Waals surface area contributed by atoms with Crippen LogP contribution in [0.1, 0.15) is 33.6 Å². The van der Waals surface area contributed by atoms with Gasteiger partial charge in [0.2, 0.25) is 0 Å². The maximum Gasteiger partial charge on any atom is 0.332 e. The molecule has 8 nitrogen and oxygen atoms in total. The molecule has 0 spiro atoms. The highest BCUT2D eigenvalue weighted by Gasteiger charge is 2.27. The molecule has 2 unspecified atom stereocenters. The molecule has 0 fully saturated rings. The fraction of sp³-hybridized carbons (Fsp3) is 0.400. The lowest BCUT2D eigenvalue weighted by atomic mass is 10.2. The van der Waals surface area contributed by atoms with Gasteiger partial charge in [-0.3, -0.25) is 19.2 Å². The largest absolute Gasteiger partial charge is 0.456 e. The molecule has 1 N–H and O–H groups in total. The lowest BCUT2D eigenvalue weighted by Gasteiger charge is -2.23. The summed E-state index contributed by atoms with van der Waals surface area (Å²) in [6, 6.07) is 8.93. The number of ether oxygens (including phenoxy) is 1. The van der Waals surface area contributed by atoms with Gasteiger partial charge in [-0.15, -0.1) is 0 Å². The van der Waals surface area contributed by atoms with Crippen molar-refractivity contribution in [3.8, 4) is 11.5 Å². The third-order valence-corrected chi connectivity index (χ3v) is 6.69. The molecule has 2 atom stereocenters. The highest BCUT2D eigenvalue weighted by molar-refractivity contribution is 7.53. The number of rotatable bonds is 12. The number of nitrogens with zero attached hydrogens (tertiary/aromatic N) is 1. The summed E-state index contributed by atoms with van der Waals surface area (Å²) in [5, 5.41) is 15.1. The highest BCUT2D eigenvalue weighted by atomic mass is 35.5.